The summed E-state index contributed by atoms with van der Waals surface area (Å²) >= 11 is 0. The zero-order chi connectivity index (χ0) is 77.8. The maximum atomic E-state index is 8.23. The normalized spacial score (nSPS) is 16.6. The first-order valence-corrected chi connectivity index (χ1v) is 39.1. The van der Waals surface area contributed by atoms with Gasteiger partial charge in [0.1, 0.15) is 30.5 Å². The number of aromatic nitrogens is 4. The van der Waals surface area contributed by atoms with Crippen molar-refractivity contribution in [2.75, 3.05) is 34.3 Å². The van der Waals surface area contributed by atoms with Crippen molar-refractivity contribution in [2.24, 2.45) is 0 Å². The standard InChI is InChI=1S/C30H33N3.C28H23N3.C24H21N3.C17H21N3/c1-19(2)24-12-9-13-25(20(3)4)30(24)33-22(6)32(27-14-7-8-15-28(27)33)26-17-16-23-11-10-18-31-29(23)21(26)5;1-19-25-18-29-16-15-22(25)12-14-26(19)31-20(2)30(27-9-5-6-10-28(27)31)24-13-11-21-7-3-4-8-23(21)17-24;1-17-21-11-5-4-9-20(21)16-25-24(17)27-15-14-26(18(27)2)23-13-7-10-19-8-3-6-12-22(19)23;1-12(2)19-9-10-20(14(19)4)17-11-18-16-8-6-5-7-15(16)13(17)3/h7-20,22H,1-6H3;3-18,20H,1-2H3;3-16,18H,1-2H3;5-12,14H,1-4H3/t22-;20-;18-;14-/m1000/s1/i;;;12D. The molecule has 0 bridgehead atoms. The lowest BCUT2D eigenvalue weighted by molar-refractivity contribution is 0.263. The summed E-state index contributed by atoms with van der Waals surface area (Å²) in [6.45, 7) is 30.6. The number of anilines is 11. The molecule has 0 saturated heterocycles. The van der Waals surface area contributed by atoms with Gasteiger partial charge in [-0.15, -0.1) is 0 Å². The van der Waals surface area contributed by atoms with Gasteiger partial charge < -0.3 is 39.2 Å². The molecule has 12 heteroatoms. The Hall–Kier alpha value is -12.5. The fourth-order valence-corrected chi connectivity index (χ4v) is 17.2. The second-order valence-electron chi connectivity index (χ2n) is 30.5. The van der Waals surface area contributed by atoms with Crippen LogP contribution in [-0.2, 0) is 0 Å². The summed E-state index contributed by atoms with van der Waals surface area (Å²) in [6, 6.07) is 85.8. The Labute approximate surface area is 655 Å². The lowest BCUT2D eigenvalue weighted by atomic mass is 9.91. The number of hydrogen-bond acceptors (Lipinski definition) is 12. The number of aryl methyl sites for hydroxylation is 4. The molecule has 4 aliphatic heterocycles. The van der Waals surface area contributed by atoms with E-state index in [-0.39, 0.29) is 24.7 Å². The monoisotopic (exact) mass is 1460 g/mol. The number of pyridine rings is 4. The van der Waals surface area contributed by atoms with Crippen molar-refractivity contribution >= 4 is 128 Å². The summed E-state index contributed by atoms with van der Waals surface area (Å²) < 4.78 is 8.23. The highest BCUT2D eigenvalue weighted by atomic mass is 15.4. The largest absolute Gasteiger partial charge is 0.353 e. The maximum Gasteiger partial charge on any atom is 0.137 e. The molecule has 15 aromatic rings. The van der Waals surface area contributed by atoms with Gasteiger partial charge in [0, 0.05) is 99.6 Å². The fourth-order valence-electron chi connectivity index (χ4n) is 17.2. The van der Waals surface area contributed by atoms with E-state index in [9.17, 15) is 0 Å². The van der Waals surface area contributed by atoms with Crippen molar-refractivity contribution in [1.82, 2.24) is 24.8 Å². The first-order valence-electron chi connectivity index (χ1n) is 39.6. The molecule has 0 radical (unpaired) electrons. The van der Waals surface area contributed by atoms with Crippen molar-refractivity contribution in [3.63, 3.8) is 0 Å². The maximum absolute atomic E-state index is 8.23. The second-order valence-corrected chi connectivity index (χ2v) is 30.5. The molecule has 554 valence electrons. The molecule has 0 amide bonds. The Morgan fingerprint density at radius 1 is 0.324 bits per heavy atom. The summed E-state index contributed by atoms with van der Waals surface area (Å²) in [7, 11) is 0. The van der Waals surface area contributed by atoms with E-state index in [4.69, 9.17) is 11.3 Å². The zero-order valence-electron chi connectivity index (χ0n) is 67.1. The van der Waals surface area contributed by atoms with E-state index in [0.29, 0.717) is 11.8 Å². The summed E-state index contributed by atoms with van der Waals surface area (Å²) in [6.07, 6.45) is 18.5. The lowest BCUT2D eigenvalue weighted by Crippen LogP contribution is -2.39. The molecule has 12 nitrogen and oxygen atoms in total. The van der Waals surface area contributed by atoms with Crippen LogP contribution in [0.25, 0.3) is 64.9 Å². The van der Waals surface area contributed by atoms with Gasteiger partial charge in [0.15, 0.2) is 0 Å². The number of para-hydroxylation sites is 6. The highest BCUT2D eigenvalue weighted by Crippen LogP contribution is 2.53. The van der Waals surface area contributed by atoms with Crippen molar-refractivity contribution in [3.05, 3.63) is 332 Å². The number of hydrogen-bond donors (Lipinski definition) is 0. The quantitative estimate of drug-likeness (QED) is 0.131. The highest BCUT2D eigenvalue weighted by Gasteiger charge is 2.39. The molecule has 0 spiro atoms. The van der Waals surface area contributed by atoms with Crippen LogP contribution >= 0.6 is 0 Å². The summed E-state index contributed by atoms with van der Waals surface area (Å²) in [4.78, 5) is 37.2. The zero-order valence-corrected chi connectivity index (χ0v) is 66.1. The topological polar surface area (TPSA) is 77.5 Å². The lowest BCUT2D eigenvalue weighted by Gasteiger charge is -2.35. The van der Waals surface area contributed by atoms with Crippen LogP contribution in [0.2, 0.25) is 0 Å². The average molecular weight is 1460 g/mol. The van der Waals surface area contributed by atoms with Crippen LogP contribution in [0.3, 0.4) is 0 Å². The summed E-state index contributed by atoms with van der Waals surface area (Å²) in [5, 5.41) is 12.3. The van der Waals surface area contributed by atoms with Gasteiger partial charge in [0.2, 0.25) is 0 Å². The Bertz CT molecular complexity index is 6070. The van der Waals surface area contributed by atoms with Crippen LogP contribution in [0, 0.1) is 27.7 Å². The van der Waals surface area contributed by atoms with Gasteiger partial charge in [-0.1, -0.05) is 198 Å². The third-order valence-corrected chi connectivity index (χ3v) is 23.0. The Morgan fingerprint density at radius 3 is 1.53 bits per heavy atom. The third-order valence-electron chi connectivity index (χ3n) is 23.0. The van der Waals surface area contributed by atoms with Gasteiger partial charge in [0.05, 0.1) is 58.4 Å². The van der Waals surface area contributed by atoms with Crippen LogP contribution in [-0.4, -0.2) is 55.5 Å². The number of benzene rings is 11. The van der Waals surface area contributed by atoms with Crippen molar-refractivity contribution in [3.8, 4) is 0 Å². The molecule has 0 aliphatic carbocycles. The number of fused-ring (bicyclic) bond motifs is 8. The van der Waals surface area contributed by atoms with E-state index in [1.807, 2.05) is 86.4 Å². The van der Waals surface area contributed by atoms with Crippen molar-refractivity contribution < 1.29 is 1.37 Å². The minimum Gasteiger partial charge on any atom is -0.353 e. The Morgan fingerprint density at radius 2 is 0.838 bits per heavy atom. The molecule has 4 aliphatic rings. The van der Waals surface area contributed by atoms with Crippen LogP contribution in [0.5, 0.6) is 0 Å². The molecule has 11 aromatic carbocycles. The molecule has 111 heavy (non-hydrogen) atoms. The molecule has 0 saturated carbocycles. The second kappa shape index (κ2) is 30.5. The van der Waals surface area contributed by atoms with Gasteiger partial charge >= 0.3 is 0 Å². The Kier molecular flexibility index (Phi) is 19.6. The SMILES string of the molecule is Cc1c(N2C=CN(c3cccc4ccccc34)[C@@H]2C)ncc2ccccc12.Cc1c(N2c3ccccc3N(c3c(C(C)C)cccc3C(C)C)[C@@H]2C)ccc2cccnc12.Cc1c(N2c3ccccc3N(c3ccc4ccccc4c3)[C@@H]2C)ccc2ccncc12.[2H]C(C)(C)N1C=CN(c2cnc3ccccc3c2C)[C@H]1C. The van der Waals surface area contributed by atoms with E-state index in [1.165, 1.54) is 138 Å². The number of nitrogens with zero attached hydrogens (tertiary/aromatic N) is 12. The van der Waals surface area contributed by atoms with E-state index >= 15 is 0 Å². The molecular formula is C99H98N12. The van der Waals surface area contributed by atoms with Gasteiger partial charge in [-0.3, -0.25) is 15.0 Å². The van der Waals surface area contributed by atoms with Crippen molar-refractivity contribution in [2.45, 2.75) is 139 Å². The fraction of sp³-hybridized carbons (Fsp3) is 0.212. The van der Waals surface area contributed by atoms with Crippen molar-refractivity contribution in [1.29, 1.82) is 0 Å². The smallest absolute Gasteiger partial charge is 0.137 e. The van der Waals surface area contributed by atoms with Crippen LogP contribution in [0.15, 0.2) is 298 Å². The summed E-state index contributed by atoms with van der Waals surface area (Å²) in [5.41, 5.74) is 22.1. The number of rotatable bonds is 10. The van der Waals surface area contributed by atoms with E-state index in [1.54, 1.807) is 0 Å². The minimum atomic E-state index is -0.636. The molecule has 8 heterocycles. The molecule has 4 aromatic heterocycles. The Balaban J connectivity index is 0.000000114. The van der Waals surface area contributed by atoms with E-state index in [2.05, 4.69) is 358 Å². The highest BCUT2D eigenvalue weighted by molar-refractivity contribution is 5.99. The van der Waals surface area contributed by atoms with E-state index in [0.717, 1.165) is 22.5 Å². The first-order chi connectivity index (χ1) is 54.2. The summed E-state index contributed by atoms with van der Waals surface area (Å²) in [5.74, 6) is 1.90. The van der Waals surface area contributed by atoms with Crippen LogP contribution in [0.1, 0.15) is 116 Å². The molecule has 0 fully saturated rings. The average Bonchev–Trinajstić information content (AvgIpc) is 1.58. The predicted octanol–water partition coefficient (Wildman–Crippen LogP) is 25.5. The van der Waals surface area contributed by atoms with Gasteiger partial charge in [0.25, 0.3) is 0 Å². The van der Waals surface area contributed by atoms with Gasteiger partial charge in [-0.25, -0.2) is 4.98 Å². The predicted molar refractivity (Wildman–Crippen MR) is 470 cm³/mol. The van der Waals surface area contributed by atoms with E-state index < -0.39 is 6.02 Å². The molecular weight excluding hydrogens is 1360 g/mol. The molecule has 0 N–H and O–H groups in total. The van der Waals surface area contributed by atoms with Gasteiger partial charge in [-0.05, 0) is 214 Å². The molecule has 0 unspecified atom stereocenters. The van der Waals surface area contributed by atoms with Crippen LogP contribution < -0.4 is 34.3 Å². The third kappa shape index (κ3) is 13.3. The van der Waals surface area contributed by atoms with Gasteiger partial charge in [-0.2, -0.15) is 0 Å². The first kappa shape index (κ1) is 71.4. The molecule has 19 rings (SSSR count). The van der Waals surface area contributed by atoms with Crippen LogP contribution in [0.4, 0.5) is 62.7 Å². The molecule has 4 atom stereocenters. The minimum absolute atomic E-state index is 0.110.